The quantitative estimate of drug-likeness (QED) is 0.667. The summed E-state index contributed by atoms with van der Waals surface area (Å²) in [6.07, 6.45) is 9.67. The first kappa shape index (κ1) is 8.24. The van der Waals surface area contributed by atoms with Crippen molar-refractivity contribution in [3.63, 3.8) is 0 Å². The third-order valence-electron chi connectivity index (χ3n) is 2.53. The van der Waals surface area contributed by atoms with Crippen molar-refractivity contribution in [3.05, 3.63) is 53.9 Å². The second-order valence-electron chi connectivity index (χ2n) is 3.48. The number of benzene rings is 1. The van der Waals surface area contributed by atoms with Gasteiger partial charge in [0.2, 0.25) is 0 Å². The predicted molar refractivity (Wildman–Crippen MR) is 64.1 cm³/mol. The smallest absolute Gasteiger partial charge is 0.0480 e. The van der Waals surface area contributed by atoms with E-state index < -0.39 is 0 Å². The number of hydrogen-bond acceptors (Lipinski definition) is 1. The lowest BCUT2D eigenvalue weighted by molar-refractivity contribution is 1.42. The molecule has 1 aliphatic heterocycles. The summed E-state index contributed by atoms with van der Waals surface area (Å²) in [5.41, 5.74) is 3.43. The average Bonchev–Trinajstić information content (AvgIpc) is 2.55. The van der Waals surface area contributed by atoms with E-state index in [0.29, 0.717) is 0 Å². The molecule has 1 aromatic carbocycles. The van der Waals surface area contributed by atoms with Gasteiger partial charge >= 0.3 is 0 Å². The lowest BCUT2D eigenvalue weighted by Gasteiger charge is -1.93. The van der Waals surface area contributed by atoms with Crippen LogP contribution in [0.2, 0.25) is 0 Å². The molecule has 0 saturated carbocycles. The van der Waals surface area contributed by atoms with E-state index in [9.17, 15) is 0 Å². The predicted octanol–water partition coefficient (Wildman–Crippen LogP) is 3.13. The summed E-state index contributed by atoms with van der Waals surface area (Å²) in [4.78, 5) is 7.59. The highest BCUT2D eigenvalue weighted by atomic mass is 14.7. The summed E-state index contributed by atoms with van der Waals surface area (Å²) in [5, 5.41) is 1.22. The Morgan fingerprint density at radius 1 is 1.07 bits per heavy atom. The van der Waals surface area contributed by atoms with Crippen LogP contribution < -0.4 is 0 Å². The third-order valence-corrected chi connectivity index (χ3v) is 2.53. The molecule has 3 rings (SSSR count). The van der Waals surface area contributed by atoms with Crippen LogP contribution in [0.1, 0.15) is 11.3 Å². The van der Waals surface area contributed by atoms with Gasteiger partial charge in [0.05, 0.1) is 0 Å². The van der Waals surface area contributed by atoms with Crippen molar-refractivity contribution in [1.82, 2.24) is 4.98 Å². The zero-order chi connectivity index (χ0) is 10.1. The standard InChI is InChI=1S/C13H10N2/c1-2-6-12-10(5-1)11-9-14-8-4-3-7-13(11)15-12/h1-9,15H. The topological polar surface area (TPSA) is 28.1 Å². The van der Waals surface area contributed by atoms with Gasteiger partial charge in [-0.05, 0) is 18.2 Å². The first-order valence-corrected chi connectivity index (χ1v) is 4.92. The number of fused-ring (bicyclic) bond motifs is 3. The summed E-state index contributed by atoms with van der Waals surface area (Å²) < 4.78 is 0. The third kappa shape index (κ3) is 1.31. The highest BCUT2D eigenvalue weighted by Crippen LogP contribution is 2.22. The normalized spacial score (nSPS) is 13.9. The number of aromatic amines is 1. The first-order valence-electron chi connectivity index (χ1n) is 4.92. The van der Waals surface area contributed by atoms with Gasteiger partial charge in [-0.3, -0.25) is 4.99 Å². The summed E-state index contributed by atoms with van der Waals surface area (Å²) in [6.45, 7) is 0. The number of hydrogen-bond donors (Lipinski definition) is 1. The lowest BCUT2D eigenvalue weighted by atomic mass is 10.1. The van der Waals surface area contributed by atoms with Crippen LogP contribution in [0.5, 0.6) is 0 Å². The molecule has 0 unspecified atom stereocenters. The van der Waals surface area contributed by atoms with E-state index in [2.05, 4.69) is 28.2 Å². The molecule has 0 aliphatic carbocycles. The van der Waals surface area contributed by atoms with Gasteiger partial charge in [-0.15, -0.1) is 0 Å². The Morgan fingerprint density at radius 3 is 3.00 bits per heavy atom. The number of aliphatic imine (C=N–C) groups is 1. The van der Waals surface area contributed by atoms with E-state index >= 15 is 0 Å². The van der Waals surface area contributed by atoms with Crippen molar-refractivity contribution in [1.29, 1.82) is 0 Å². The van der Waals surface area contributed by atoms with Gasteiger partial charge in [0.15, 0.2) is 0 Å². The van der Waals surface area contributed by atoms with Crippen LogP contribution in [0.4, 0.5) is 0 Å². The van der Waals surface area contributed by atoms with E-state index in [1.165, 1.54) is 5.39 Å². The molecule has 0 bridgehead atoms. The Kier molecular flexibility index (Phi) is 1.78. The van der Waals surface area contributed by atoms with Crippen LogP contribution in [0, 0.1) is 0 Å². The number of aromatic nitrogens is 1. The van der Waals surface area contributed by atoms with E-state index in [0.717, 1.165) is 16.8 Å². The van der Waals surface area contributed by atoms with Gasteiger partial charge in [-0.25, -0.2) is 0 Å². The fourth-order valence-electron chi connectivity index (χ4n) is 1.82. The fraction of sp³-hybridized carbons (Fsp3) is 0. The fourth-order valence-corrected chi connectivity index (χ4v) is 1.82. The molecule has 2 heterocycles. The van der Waals surface area contributed by atoms with Crippen LogP contribution in [-0.4, -0.2) is 11.2 Å². The zero-order valence-corrected chi connectivity index (χ0v) is 8.14. The van der Waals surface area contributed by atoms with Gasteiger partial charge in [0.25, 0.3) is 0 Å². The minimum absolute atomic E-state index is 1.12. The monoisotopic (exact) mass is 194 g/mol. The Labute approximate surface area is 87.7 Å². The molecule has 0 amide bonds. The van der Waals surface area contributed by atoms with E-state index in [-0.39, 0.29) is 0 Å². The SMILES string of the molecule is C1=CN=Cc2c([nH]c3ccccc23)C=C1. The van der Waals surface area contributed by atoms with Crippen molar-refractivity contribution in [2.45, 2.75) is 0 Å². The molecule has 2 aromatic rings. The Morgan fingerprint density at radius 2 is 2.00 bits per heavy atom. The first-order chi connectivity index (χ1) is 7.45. The molecule has 1 aromatic heterocycles. The van der Waals surface area contributed by atoms with Crippen LogP contribution in [0.25, 0.3) is 17.0 Å². The van der Waals surface area contributed by atoms with Gasteiger partial charge in [0, 0.05) is 34.6 Å². The maximum atomic E-state index is 4.22. The maximum Gasteiger partial charge on any atom is 0.0480 e. The van der Waals surface area contributed by atoms with E-state index in [1.54, 1.807) is 6.20 Å². The van der Waals surface area contributed by atoms with Crippen molar-refractivity contribution in [2.24, 2.45) is 4.99 Å². The van der Waals surface area contributed by atoms with Crippen molar-refractivity contribution >= 4 is 23.2 Å². The molecule has 72 valence electrons. The summed E-state index contributed by atoms with van der Waals surface area (Å²) in [7, 11) is 0. The summed E-state index contributed by atoms with van der Waals surface area (Å²) in [5.74, 6) is 0. The maximum absolute atomic E-state index is 4.22. The highest BCUT2D eigenvalue weighted by molar-refractivity contribution is 6.03. The van der Waals surface area contributed by atoms with Crippen LogP contribution in [0.3, 0.4) is 0 Å². The second kappa shape index (κ2) is 3.24. The van der Waals surface area contributed by atoms with E-state index in [1.807, 2.05) is 30.5 Å². The Hall–Kier alpha value is -2.09. The molecular weight excluding hydrogens is 184 g/mol. The van der Waals surface area contributed by atoms with Crippen LogP contribution in [-0.2, 0) is 0 Å². The molecule has 0 atom stereocenters. The molecule has 0 saturated heterocycles. The number of nitrogens with zero attached hydrogens (tertiary/aromatic N) is 1. The van der Waals surface area contributed by atoms with Gasteiger partial charge in [-0.2, -0.15) is 0 Å². The molecule has 1 N–H and O–H groups in total. The molecule has 1 aliphatic rings. The Balaban J connectivity index is 2.36. The molecule has 2 nitrogen and oxygen atoms in total. The van der Waals surface area contributed by atoms with Gasteiger partial charge < -0.3 is 4.98 Å². The number of H-pyrrole nitrogens is 1. The van der Waals surface area contributed by atoms with E-state index in [4.69, 9.17) is 0 Å². The lowest BCUT2D eigenvalue weighted by Crippen LogP contribution is -1.83. The number of para-hydroxylation sites is 1. The van der Waals surface area contributed by atoms with Crippen molar-refractivity contribution < 1.29 is 0 Å². The van der Waals surface area contributed by atoms with Gasteiger partial charge in [0.1, 0.15) is 0 Å². The molecule has 2 heteroatoms. The van der Waals surface area contributed by atoms with Crippen molar-refractivity contribution in [3.8, 4) is 0 Å². The molecule has 15 heavy (non-hydrogen) atoms. The minimum atomic E-state index is 1.12. The summed E-state index contributed by atoms with van der Waals surface area (Å²) >= 11 is 0. The van der Waals surface area contributed by atoms with Crippen LogP contribution in [0.15, 0.2) is 47.6 Å². The zero-order valence-electron chi connectivity index (χ0n) is 8.14. The van der Waals surface area contributed by atoms with Gasteiger partial charge in [-0.1, -0.05) is 24.3 Å². The highest BCUT2D eigenvalue weighted by Gasteiger charge is 2.06. The summed E-state index contributed by atoms with van der Waals surface area (Å²) in [6, 6.07) is 8.26. The molecule has 0 fully saturated rings. The largest absolute Gasteiger partial charge is 0.354 e. The van der Waals surface area contributed by atoms with Crippen molar-refractivity contribution in [2.75, 3.05) is 0 Å². The minimum Gasteiger partial charge on any atom is -0.354 e. The molecule has 0 spiro atoms. The number of rotatable bonds is 0. The second-order valence-corrected chi connectivity index (χ2v) is 3.48. The molecule has 0 radical (unpaired) electrons. The Bertz CT molecular complexity index is 586. The number of allylic oxidation sites excluding steroid dienone is 2. The number of nitrogens with one attached hydrogen (secondary N) is 1. The van der Waals surface area contributed by atoms with Crippen LogP contribution >= 0.6 is 0 Å². The average molecular weight is 194 g/mol. The molecular formula is C13H10N2.